The average Bonchev–Trinajstić information content (AvgIpc) is 1.98. The fraction of sp³-hybridized carbons (Fsp3) is 0.455. The highest BCUT2D eigenvalue weighted by Crippen LogP contribution is 2.05. The maximum absolute atomic E-state index is 3.87. The van der Waals surface area contributed by atoms with Gasteiger partial charge in [0.15, 0.2) is 0 Å². The molecule has 0 N–H and O–H groups in total. The fourth-order valence-corrected chi connectivity index (χ4v) is 1.10. The Labute approximate surface area is 76.1 Å². The van der Waals surface area contributed by atoms with Gasteiger partial charge in [0.2, 0.25) is 0 Å². The smallest absolute Gasteiger partial charge is 0.0380 e. The van der Waals surface area contributed by atoms with Gasteiger partial charge in [-0.05, 0) is 19.4 Å². The lowest BCUT2D eigenvalue weighted by molar-refractivity contribution is 0.467. The molecule has 0 aliphatic carbocycles. The SMILES string of the molecule is C=C/C(=C\CC)N(C)CC(=C)C. The van der Waals surface area contributed by atoms with Crippen LogP contribution in [0.15, 0.2) is 36.6 Å². The summed E-state index contributed by atoms with van der Waals surface area (Å²) >= 11 is 0. The van der Waals surface area contributed by atoms with E-state index >= 15 is 0 Å². The van der Waals surface area contributed by atoms with Gasteiger partial charge >= 0.3 is 0 Å². The second-order valence-electron chi connectivity index (χ2n) is 3.05. The van der Waals surface area contributed by atoms with E-state index < -0.39 is 0 Å². The highest BCUT2D eigenvalue weighted by atomic mass is 15.1. The van der Waals surface area contributed by atoms with E-state index in [1.54, 1.807) is 0 Å². The summed E-state index contributed by atoms with van der Waals surface area (Å²) in [5, 5.41) is 0. The van der Waals surface area contributed by atoms with E-state index in [1.807, 2.05) is 13.0 Å². The third-order valence-corrected chi connectivity index (χ3v) is 1.57. The van der Waals surface area contributed by atoms with Gasteiger partial charge in [0, 0.05) is 19.3 Å². The van der Waals surface area contributed by atoms with Crippen LogP contribution in [0.1, 0.15) is 20.3 Å². The van der Waals surface area contributed by atoms with Crippen LogP contribution in [0.4, 0.5) is 0 Å². The molecule has 0 rings (SSSR count). The Morgan fingerprint density at radius 2 is 2.08 bits per heavy atom. The molecule has 0 saturated carbocycles. The monoisotopic (exact) mass is 165 g/mol. The van der Waals surface area contributed by atoms with E-state index in [-0.39, 0.29) is 0 Å². The van der Waals surface area contributed by atoms with Crippen molar-refractivity contribution in [1.29, 1.82) is 0 Å². The van der Waals surface area contributed by atoms with Gasteiger partial charge in [-0.25, -0.2) is 0 Å². The number of hydrogen-bond donors (Lipinski definition) is 0. The van der Waals surface area contributed by atoms with E-state index in [9.17, 15) is 0 Å². The molecule has 0 saturated heterocycles. The third kappa shape index (κ3) is 4.02. The predicted octanol–water partition coefficient (Wildman–Crippen LogP) is 2.97. The van der Waals surface area contributed by atoms with Crippen LogP contribution in [0.3, 0.4) is 0 Å². The summed E-state index contributed by atoms with van der Waals surface area (Å²) in [5.41, 5.74) is 2.35. The molecular formula is C11H19N. The van der Waals surface area contributed by atoms with Crippen molar-refractivity contribution < 1.29 is 0 Å². The van der Waals surface area contributed by atoms with Crippen molar-refractivity contribution >= 4 is 0 Å². The maximum atomic E-state index is 3.87. The maximum Gasteiger partial charge on any atom is 0.0380 e. The van der Waals surface area contributed by atoms with Gasteiger partial charge in [0.1, 0.15) is 0 Å². The molecule has 0 spiro atoms. The van der Waals surface area contributed by atoms with Crippen molar-refractivity contribution in [3.05, 3.63) is 36.6 Å². The lowest BCUT2D eigenvalue weighted by atomic mass is 10.2. The Bertz CT molecular complexity index is 189. The zero-order valence-corrected chi connectivity index (χ0v) is 8.43. The summed E-state index contributed by atoms with van der Waals surface area (Å²) in [6.07, 6.45) is 5.09. The first-order valence-corrected chi connectivity index (χ1v) is 4.30. The molecule has 0 aromatic heterocycles. The summed E-state index contributed by atoms with van der Waals surface area (Å²) in [6.45, 7) is 12.7. The normalized spacial score (nSPS) is 11.1. The van der Waals surface area contributed by atoms with Crippen LogP contribution in [0.2, 0.25) is 0 Å². The number of rotatable bonds is 5. The number of allylic oxidation sites excluding steroid dienone is 2. The van der Waals surface area contributed by atoms with Gasteiger partial charge < -0.3 is 4.90 Å². The van der Waals surface area contributed by atoms with E-state index in [2.05, 4.69) is 38.1 Å². The summed E-state index contributed by atoms with van der Waals surface area (Å²) in [6, 6.07) is 0. The van der Waals surface area contributed by atoms with E-state index in [1.165, 1.54) is 11.3 Å². The Hall–Kier alpha value is -0.980. The molecule has 0 aromatic carbocycles. The van der Waals surface area contributed by atoms with Gasteiger partial charge in [0.25, 0.3) is 0 Å². The number of hydrogen-bond acceptors (Lipinski definition) is 1. The minimum atomic E-state index is 0.901. The quantitative estimate of drug-likeness (QED) is 0.447. The molecule has 1 nitrogen and oxygen atoms in total. The van der Waals surface area contributed by atoms with Gasteiger partial charge in [-0.3, -0.25) is 0 Å². The van der Waals surface area contributed by atoms with Crippen molar-refractivity contribution in [2.45, 2.75) is 20.3 Å². The first-order chi connectivity index (χ1) is 5.61. The molecule has 0 aromatic rings. The zero-order chi connectivity index (χ0) is 9.56. The molecule has 0 bridgehead atoms. The van der Waals surface area contributed by atoms with Crippen LogP contribution in [0.5, 0.6) is 0 Å². The van der Waals surface area contributed by atoms with Crippen LogP contribution in [-0.2, 0) is 0 Å². The minimum absolute atomic E-state index is 0.901. The molecular weight excluding hydrogens is 146 g/mol. The van der Waals surface area contributed by atoms with Crippen molar-refractivity contribution in [2.24, 2.45) is 0 Å². The van der Waals surface area contributed by atoms with E-state index in [0.717, 1.165) is 13.0 Å². The Kier molecular flexibility index (Phi) is 5.18. The largest absolute Gasteiger partial charge is 0.371 e. The molecule has 0 unspecified atom stereocenters. The first-order valence-electron chi connectivity index (χ1n) is 4.30. The molecule has 0 aliphatic heterocycles. The zero-order valence-electron chi connectivity index (χ0n) is 8.43. The summed E-state index contributed by atoms with van der Waals surface area (Å²) in [5.74, 6) is 0. The van der Waals surface area contributed by atoms with Crippen LogP contribution in [0, 0.1) is 0 Å². The molecule has 0 radical (unpaired) electrons. The highest BCUT2D eigenvalue weighted by Gasteiger charge is 1.98. The summed E-state index contributed by atoms with van der Waals surface area (Å²) in [4.78, 5) is 2.15. The molecule has 68 valence electrons. The first kappa shape index (κ1) is 11.0. The molecule has 0 heterocycles. The predicted molar refractivity (Wildman–Crippen MR) is 56.0 cm³/mol. The van der Waals surface area contributed by atoms with Crippen molar-refractivity contribution in [3.63, 3.8) is 0 Å². The van der Waals surface area contributed by atoms with Gasteiger partial charge in [0.05, 0.1) is 0 Å². The van der Waals surface area contributed by atoms with Gasteiger partial charge in [-0.1, -0.05) is 31.7 Å². The van der Waals surface area contributed by atoms with Crippen LogP contribution in [0.25, 0.3) is 0 Å². The summed E-state index contributed by atoms with van der Waals surface area (Å²) in [7, 11) is 2.05. The molecule has 12 heavy (non-hydrogen) atoms. The topological polar surface area (TPSA) is 3.24 Å². The molecule has 0 fully saturated rings. The minimum Gasteiger partial charge on any atom is -0.371 e. The molecule has 0 atom stereocenters. The lowest BCUT2D eigenvalue weighted by Gasteiger charge is -2.20. The van der Waals surface area contributed by atoms with Crippen molar-refractivity contribution in [3.8, 4) is 0 Å². The highest BCUT2D eigenvalue weighted by molar-refractivity contribution is 5.15. The average molecular weight is 165 g/mol. The van der Waals surface area contributed by atoms with Gasteiger partial charge in [-0.2, -0.15) is 0 Å². The molecule has 0 amide bonds. The van der Waals surface area contributed by atoms with Crippen molar-refractivity contribution in [1.82, 2.24) is 4.90 Å². The fourth-order valence-electron chi connectivity index (χ4n) is 1.10. The third-order valence-electron chi connectivity index (χ3n) is 1.57. The second-order valence-corrected chi connectivity index (χ2v) is 3.05. The number of nitrogens with zero attached hydrogens (tertiary/aromatic N) is 1. The van der Waals surface area contributed by atoms with E-state index in [4.69, 9.17) is 0 Å². The van der Waals surface area contributed by atoms with Gasteiger partial charge in [-0.15, -0.1) is 0 Å². The van der Waals surface area contributed by atoms with E-state index in [0.29, 0.717) is 0 Å². The van der Waals surface area contributed by atoms with Crippen LogP contribution < -0.4 is 0 Å². The number of likely N-dealkylation sites (N-methyl/N-ethyl adjacent to an activating group) is 1. The molecule has 1 heteroatoms. The van der Waals surface area contributed by atoms with Crippen LogP contribution >= 0.6 is 0 Å². The standard InChI is InChI=1S/C11H19N/c1-6-8-11(7-2)12(5)9-10(3)4/h7-8H,2-3,6,9H2,1,4-5H3/b11-8+. The Balaban J connectivity index is 4.21. The molecule has 0 aliphatic rings. The second kappa shape index (κ2) is 5.64. The Morgan fingerprint density at radius 1 is 1.50 bits per heavy atom. The van der Waals surface area contributed by atoms with Crippen molar-refractivity contribution in [2.75, 3.05) is 13.6 Å². The summed E-state index contributed by atoms with van der Waals surface area (Å²) < 4.78 is 0. The Morgan fingerprint density at radius 3 is 2.42 bits per heavy atom. The lowest BCUT2D eigenvalue weighted by Crippen LogP contribution is -2.18. The van der Waals surface area contributed by atoms with Crippen LogP contribution in [-0.4, -0.2) is 18.5 Å².